The first-order chi connectivity index (χ1) is 9.82. The molecule has 3 nitrogen and oxygen atoms in total. The topological polar surface area (TPSA) is 30.5 Å². The van der Waals surface area contributed by atoms with E-state index in [1.807, 2.05) is 13.1 Å². The molecule has 0 spiro atoms. The lowest BCUT2D eigenvalue weighted by Gasteiger charge is -2.35. The molecule has 0 bridgehead atoms. The highest BCUT2D eigenvalue weighted by Crippen LogP contribution is 2.45. The fourth-order valence-corrected chi connectivity index (χ4v) is 4.22. The second kappa shape index (κ2) is 4.99. The number of benzene rings is 1. The molecule has 3 rings (SSSR count). The lowest BCUT2D eigenvalue weighted by molar-refractivity contribution is -0.0808. The van der Waals surface area contributed by atoms with Crippen molar-refractivity contribution < 1.29 is 9.47 Å². The maximum atomic E-state index is 6.27. The SMILES string of the molecule is CNC(C1Cc2ccccc2O1)C1CC(C)(C)OC1(C)C. The van der Waals surface area contributed by atoms with Gasteiger partial charge in [0.15, 0.2) is 0 Å². The van der Waals surface area contributed by atoms with Crippen LogP contribution >= 0.6 is 0 Å². The van der Waals surface area contributed by atoms with Crippen LogP contribution in [0.25, 0.3) is 0 Å². The number of para-hydroxylation sites is 1. The maximum Gasteiger partial charge on any atom is 0.123 e. The first-order valence-corrected chi connectivity index (χ1v) is 7.94. The van der Waals surface area contributed by atoms with Gasteiger partial charge in [-0.2, -0.15) is 0 Å². The zero-order valence-corrected chi connectivity index (χ0v) is 13.8. The van der Waals surface area contributed by atoms with Gasteiger partial charge in [-0.15, -0.1) is 0 Å². The van der Waals surface area contributed by atoms with Crippen LogP contribution in [-0.2, 0) is 11.2 Å². The quantitative estimate of drug-likeness (QED) is 0.927. The van der Waals surface area contributed by atoms with E-state index in [1.54, 1.807) is 0 Å². The van der Waals surface area contributed by atoms with Gasteiger partial charge in [0.2, 0.25) is 0 Å². The van der Waals surface area contributed by atoms with Gasteiger partial charge in [0, 0.05) is 18.4 Å². The van der Waals surface area contributed by atoms with Crippen molar-refractivity contribution in [2.45, 2.75) is 63.9 Å². The fraction of sp³-hybridized carbons (Fsp3) is 0.667. The summed E-state index contributed by atoms with van der Waals surface area (Å²) < 4.78 is 12.5. The van der Waals surface area contributed by atoms with E-state index >= 15 is 0 Å². The Balaban J connectivity index is 1.81. The molecule has 116 valence electrons. The smallest absolute Gasteiger partial charge is 0.123 e. The monoisotopic (exact) mass is 289 g/mol. The second-order valence-corrected chi connectivity index (χ2v) is 7.56. The van der Waals surface area contributed by atoms with Gasteiger partial charge in [0.05, 0.1) is 11.2 Å². The van der Waals surface area contributed by atoms with E-state index in [0.29, 0.717) is 12.0 Å². The molecule has 3 unspecified atom stereocenters. The summed E-state index contributed by atoms with van der Waals surface area (Å²) in [6.07, 6.45) is 2.23. The average molecular weight is 289 g/mol. The van der Waals surface area contributed by atoms with E-state index in [0.717, 1.165) is 18.6 Å². The number of likely N-dealkylation sites (N-methyl/N-ethyl adjacent to an activating group) is 1. The first kappa shape index (κ1) is 14.9. The van der Waals surface area contributed by atoms with E-state index in [2.05, 4.69) is 51.2 Å². The molecule has 2 aliphatic rings. The normalized spacial score (nSPS) is 30.7. The van der Waals surface area contributed by atoms with E-state index in [9.17, 15) is 0 Å². The molecule has 1 saturated heterocycles. The van der Waals surface area contributed by atoms with Crippen molar-refractivity contribution in [3.63, 3.8) is 0 Å². The molecule has 0 saturated carbocycles. The van der Waals surface area contributed by atoms with Crippen LogP contribution in [0.1, 0.15) is 39.7 Å². The molecule has 2 heterocycles. The zero-order chi connectivity index (χ0) is 15.3. The molecule has 3 heteroatoms. The molecule has 21 heavy (non-hydrogen) atoms. The van der Waals surface area contributed by atoms with Crippen LogP contribution < -0.4 is 10.1 Å². The van der Waals surface area contributed by atoms with E-state index in [4.69, 9.17) is 9.47 Å². The van der Waals surface area contributed by atoms with Crippen LogP contribution in [0.15, 0.2) is 24.3 Å². The lowest BCUT2D eigenvalue weighted by atomic mass is 9.79. The fourth-order valence-electron chi connectivity index (χ4n) is 4.22. The van der Waals surface area contributed by atoms with Gasteiger partial charge in [-0.05, 0) is 52.8 Å². The summed E-state index contributed by atoms with van der Waals surface area (Å²) in [5, 5.41) is 3.51. The summed E-state index contributed by atoms with van der Waals surface area (Å²) >= 11 is 0. The Morgan fingerprint density at radius 1 is 1.19 bits per heavy atom. The summed E-state index contributed by atoms with van der Waals surface area (Å²) in [5.41, 5.74) is 1.13. The van der Waals surface area contributed by atoms with Gasteiger partial charge in [-0.25, -0.2) is 0 Å². The highest BCUT2D eigenvalue weighted by molar-refractivity contribution is 5.37. The van der Waals surface area contributed by atoms with Crippen molar-refractivity contribution in [1.82, 2.24) is 5.32 Å². The van der Waals surface area contributed by atoms with Crippen LogP contribution in [0.5, 0.6) is 5.75 Å². The van der Waals surface area contributed by atoms with Gasteiger partial charge in [0.1, 0.15) is 11.9 Å². The predicted molar refractivity (Wildman–Crippen MR) is 84.8 cm³/mol. The first-order valence-electron chi connectivity index (χ1n) is 7.94. The second-order valence-electron chi connectivity index (χ2n) is 7.56. The molecule has 0 aliphatic carbocycles. The lowest BCUT2D eigenvalue weighted by Crippen LogP contribution is -2.51. The molecule has 1 aromatic carbocycles. The predicted octanol–water partition coefficient (Wildman–Crippen LogP) is 3.17. The summed E-state index contributed by atoms with van der Waals surface area (Å²) in [7, 11) is 2.04. The summed E-state index contributed by atoms with van der Waals surface area (Å²) in [6, 6.07) is 8.67. The third kappa shape index (κ3) is 2.69. The van der Waals surface area contributed by atoms with Crippen molar-refractivity contribution in [1.29, 1.82) is 0 Å². The Labute approximate surface area is 128 Å². The van der Waals surface area contributed by atoms with Crippen molar-refractivity contribution in [2.24, 2.45) is 5.92 Å². The summed E-state index contributed by atoms with van der Waals surface area (Å²) in [6.45, 7) is 8.79. The van der Waals surface area contributed by atoms with Crippen LogP contribution in [0.3, 0.4) is 0 Å². The number of rotatable bonds is 3. The van der Waals surface area contributed by atoms with Crippen LogP contribution in [0.4, 0.5) is 0 Å². The molecule has 2 aliphatic heterocycles. The van der Waals surface area contributed by atoms with Gasteiger partial charge >= 0.3 is 0 Å². The van der Waals surface area contributed by atoms with Gasteiger partial charge in [-0.3, -0.25) is 0 Å². The van der Waals surface area contributed by atoms with Crippen LogP contribution in [0.2, 0.25) is 0 Å². The number of hydrogen-bond acceptors (Lipinski definition) is 3. The molecule has 0 radical (unpaired) electrons. The number of ether oxygens (including phenoxy) is 2. The van der Waals surface area contributed by atoms with E-state index in [1.165, 1.54) is 5.56 Å². The Morgan fingerprint density at radius 3 is 2.48 bits per heavy atom. The summed E-state index contributed by atoms with van der Waals surface area (Å²) in [5.74, 6) is 1.48. The van der Waals surface area contributed by atoms with Crippen LogP contribution in [0, 0.1) is 5.92 Å². The Bertz CT molecular complexity index is 499. The van der Waals surface area contributed by atoms with Gasteiger partial charge in [-0.1, -0.05) is 18.2 Å². The summed E-state index contributed by atoms with van der Waals surface area (Å²) in [4.78, 5) is 0. The minimum absolute atomic E-state index is 0.0608. The molecular formula is C18H27NO2. The molecule has 3 atom stereocenters. The van der Waals surface area contributed by atoms with Crippen molar-refractivity contribution in [3.05, 3.63) is 29.8 Å². The number of nitrogens with one attached hydrogen (secondary N) is 1. The van der Waals surface area contributed by atoms with Crippen molar-refractivity contribution in [3.8, 4) is 5.75 Å². The standard InChI is InChI=1S/C18H27NO2/c1-17(2)11-13(18(3,4)21-17)16(19-5)15-10-12-8-6-7-9-14(12)20-15/h6-9,13,15-16,19H,10-11H2,1-5H3. The molecule has 0 aromatic heterocycles. The van der Waals surface area contributed by atoms with E-state index in [-0.39, 0.29) is 17.3 Å². The van der Waals surface area contributed by atoms with Crippen LogP contribution in [-0.4, -0.2) is 30.4 Å². The van der Waals surface area contributed by atoms with Gasteiger partial charge < -0.3 is 14.8 Å². The number of hydrogen-bond donors (Lipinski definition) is 1. The third-order valence-corrected chi connectivity index (χ3v) is 4.98. The van der Waals surface area contributed by atoms with E-state index < -0.39 is 0 Å². The van der Waals surface area contributed by atoms with Crippen molar-refractivity contribution in [2.75, 3.05) is 7.05 Å². The average Bonchev–Trinajstić information content (AvgIpc) is 2.88. The Kier molecular flexibility index (Phi) is 3.53. The van der Waals surface area contributed by atoms with Gasteiger partial charge in [0.25, 0.3) is 0 Å². The molecule has 1 aromatic rings. The maximum absolute atomic E-state index is 6.27. The van der Waals surface area contributed by atoms with Crippen molar-refractivity contribution >= 4 is 0 Å². The highest BCUT2D eigenvalue weighted by atomic mass is 16.5. The minimum atomic E-state index is -0.130. The number of fused-ring (bicyclic) bond motifs is 1. The largest absolute Gasteiger partial charge is 0.488 e. The minimum Gasteiger partial charge on any atom is -0.488 e. The molecule has 1 N–H and O–H groups in total. The highest BCUT2D eigenvalue weighted by Gasteiger charge is 2.51. The molecule has 1 fully saturated rings. The zero-order valence-electron chi connectivity index (χ0n) is 13.8. The Morgan fingerprint density at radius 2 is 1.90 bits per heavy atom. The molecule has 0 amide bonds. The molecular weight excluding hydrogens is 262 g/mol. The third-order valence-electron chi connectivity index (χ3n) is 4.98. The Hall–Kier alpha value is -1.06.